The maximum atomic E-state index is 9.50. The molecule has 2 heteroatoms. The Balaban J connectivity index is 3.29. The fraction of sp³-hybridized carbons (Fsp3) is 0.571. The van der Waals surface area contributed by atoms with E-state index in [1.165, 1.54) is 27.8 Å². The predicted octanol–water partition coefficient (Wildman–Crippen LogP) is 2.22. The molecule has 1 aromatic carbocycles. The smallest absolute Gasteiger partial charge is 0.0512 e. The van der Waals surface area contributed by atoms with Gasteiger partial charge in [0.05, 0.1) is 6.61 Å². The molecule has 1 aromatic rings. The number of aliphatic hydroxyl groups excluding tert-OH is 1. The molecule has 90 valence electrons. The summed E-state index contributed by atoms with van der Waals surface area (Å²) in [5.74, 6) is 0.198. The minimum atomic E-state index is 0.198. The Kier molecular flexibility index (Phi) is 4.51. The first-order valence-corrected chi connectivity index (χ1v) is 5.85. The maximum absolute atomic E-state index is 9.50. The minimum absolute atomic E-state index is 0.198. The van der Waals surface area contributed by atoms with Gasteiger partial charge in [-0.3, -0.25) is 0 Å². The predicted molar refractivity (Wildman–Crippen MR) is 69.1 cm³/mol. The Morgan fingerprint density at radius 3 is 2.00 bits per heavy atom. The molecule has 2 nitrogen and oxygen atoms in total. The summed E-state index contributed by atoms with van der Waals surface area (Å²) in [6.07, 6.45) is 0. The normalized spacial score (nSPS) is 12.9. The summed E-state index contributed by atoms with van der Waals surface area (Å²) >= 11 is 0. The van der Waals surface area contributed by atoms with Crippen molar-refractivity contribution in [2.75, 3.05) is 20.2 Å². The highest BCUT2D eigenvalue weighted by Crippen LogP contribution is 2.28. The second-order valence-corrected chi connectivity index (χ2v) is 4.61. The lowest BCUT2D eigenvalue weighted by Crippen LogP contribution is -2.22. The highest BCUT2D eigenvalue weighted by Gasteiger charge is 2.17. The minimum Gasteiger partial charge on any atom is -0.396 e. The van der Waals surface area contributed by atoms with Crippen molar-refractivity contribution in [1.29, 1.82) is 0 Å². The third-order valence-electron chi connectivity index (χ3n) is 3.50. The fourth-order valence-electron chi connectivity index (χ4n) is 2.36. The highest BCUT2D eigenvalue weighted by molar-refractivity contribution is 5.46. The van der Waals surface area contributed by atoms with Crippen molar-refractivity contribution in [2.45, 2.75) is 33.6 Å². The van der Waals surface area contributed by atoms with Gasteiger partial charge in [-0.1, -0.05) is 6.07 Å². The van der Waals surface area contributed by atoms with E-state index in [9.17, 15) is 5.11 Å². The van der Waals surface area contributed by atoms with Crippen molar-refractivity contribution in [3.05, 3.63) is 33.9 Å². The van der Waals surface area contributed by atoms with Gasteiger partial charge in [0.15, 0.2) is 0 Å². The first-order chi connectivity index (χ1) is 7.52. The lowest BCUT2D eigenvalue weighted by molar-refractivity contribution is 0.262. The molecule has 0 fully saturated rings. The van der Waals surface area contributed by atoms with Crippen LogP contribution in [0.5, 0.6) is 0 Å². The first kappa shape index (κ1) is 13.2. The molecule has 2 N–H and O–H groups in total. The van der Waals surface area contributed by atoms with Crippen LogP contribution in [0.2, 0.25) is 0 Å². The van der Waals surface area contributed by atoms with Crippen molar-refractivity contribution in [3.63, 3.8) is 0 Å². The van der Waals surface area contributed by atoms with E-state index in [1.807, 2.05) is 7.05 Å². The molecule has 0 aliphatic carbocycles. The van der Waals surface area contributed by atoms with E-state index in [4.69, 9.17) is 0 Å². The number of rotatable bonds is 4. The second-order valence-electron chi connectivity index (χ2n) is 4.61. The number of hydrogen-bond donors (Lipinski definition) is 2. The molecule has 0 aliphatic rings. The first-order valence-electron chi connectivity index (χ1n) is 5.85. The van der Waals surface area contributed by atoms with Crippen molar-refractivity contribution in [1.82, 2.24) is 5.32 Å². The summed E-state index contributed by atoms with van der Waals surface area (Å²) in [4.78, 5) is 0. The zero-order chi connectivity index (χ0) is 12.3. The molecule has 16 heavy (non-hydrogen) atoms. The summed E-state index contributed by atoms with van der Waals surface area (Å²) in [7, 11) is 1.93. The zero-order valence-electron chi connectivity index (χ0n) is 11.0. The Hall–Kier alpha value is -0.860. The Bertz CT molecular complexity index is 345. The summed E-state index contributed by atoms with van der Waals surface area (Å²) in [6.45, 7) is 9.59. The lowest BCUT2D eigenvalue weighted by Gasteiger charge is -2.22. The van der Waals surface area contributed by atoms with Gasteiger partial charge in [0.25, 0.3) is 0 Å². The van der Waals surface area contributed by atoms with Gasteiger partial charge in [0.2, 0.25) is 0 Å². The van der Waals surface area contributed by atoms with Crippen LogP contribution in [-0.2, 0) is 0 Å². The molecule has 1 rings (SSSR count). The van der Waals surface area contributed by atoms with Gasteiger partial charge in [0.1, 0.15) is 0 Å². The second kappa shape index (κ2) is 5.46. The molecule has 0 bridgehead atoms. The summed E-state index contributed by atoms with van der Waals surface area (Å²) < 4.78 is 0. The van der Waals surface area contributed by atoms with Crippen molar-refractivity contribution < 1.29 is 5.11 Å². The van der Waals surface area contributed by atoms with Crippen molar-refractivity contribution in [3.8, 4) is 0 Å². The Morgan fingerprint density at radius 2 is 1.62 bits per heavy atom. The van der Waals surface area contributed by atoms with E-state index in [2.05, 4.69) is 39.1 Å². The molecule has 0 heterocycles. The quantitative estimate of drug-likeness (QED) is 0.817. The van der Waals surface area contributed by atoms with Gasteiger partial charge in [-0.15, -0.1) is 0 Å². The Labute approximate surface area is 98.7 Å². The van der Waals surface area contributed by atoms with E-state index in [-0.39, 0.29) is 12.5 Å². The Morgan fingerprint density at radius 1 is 1.12 bits per heavy atom. The monoisotopic (exact) mass is 221 g/mol. The molecular formula is C14H23NO. The molecule has 0 saturated heterocycles. The standard InChI is InChI=1S/C14H23NO/c1-9-6-10(2)12(4)14(11(9)3)13(8-16)7-15-5/h6,13,15-16H,7-8H2,1-5H3. The number of benzene rings is 1. The van der Waals surface area contributed by atoms with Crippen LogP contribution in [0.3, 0.4) is 0 Å². The summed E-state index contributed by atoms with van der Waals surface area (Å²) in [5, 5.41) is 12.7. The van der Waals surface area contributed by atoms with Gasteiger partial charge in [-0.05, 0) is 62.6 Å². The van der Waals surface area contributed by atoms with Gasteiger partial charge in [-0.2, -0.15) is 0 Å². The molecule has 0 amide bonds. The number of likely N-dealkylation sites (N-methyl/N-ethyl adjacent to an activating group) is 1. The van der Waals surface area contributed by atoms with E-state index in [0.29, 0.717) is 0 Å². The number of aryl methyl sites for hydroxylation is 2. The average molecular weight is 221 g/mol. The topological polar surface area (TPSA) is 32.3 Å². The van der Waals surface area contributed by atoms with Crippen LogP contribution in [-0.4, -0.2) is 25.3 Å². The van der Waals surface area contributed by atoms with Crippen LogP contribution >= 0.6 is 0 Å². The molecule has 0 saturated carbocycles. The number of hydrogen-bond acceptors (Lipinski definition) is 2. The molecule has 0 radical (unpaired) electrons. The molecule has 1 unspecified atom stereocenters. The number of nitrogens with one attached hydrogen (secondary N) is 1. The molecule has 0 aromatic heterocycles. The molecule has 0 aliphatic heterocycles. The van der Waals surface area contributed by atoms with Crippen LogP contribution in [0.15, 0.2) is 6.07 Å². The van der Waals surface area contributed by atoms with E-state index in [0.717, 1.165) is 6.54 Å². The van der Waals surface area contributed by atoms with Gasteiger partial charge < -0.3 is 10.4 Å². The number of aliphatic hydroxyl groups is 1. The molecular weight excluding hydrogens is 198 g/mol. The average Bonchev–Trinajstić information content (AvgIpc) is 2.25. The highest BCUT2D eigenvalue weighted by atomic mass is 16.3. The van der Waals surface area contributed by atoms with Gasteiger partial charge in [0, 0.05) is 12.5 Å². The van der Waals surface area contributed by atoms with Crippen LogP contribution in [0.25, 0.3) is 0 Å². The summed E-state index contributed by atoms with van der Waals surface area (Å²) in [5.41, 5.74) is 6.57. The van der Waals surface area contributed by atoms with Crippen LogP contribution in [0, 0.1) is 27.7 Å². The van der Waals surface area contributed by atoms with Gasteiger partial charge >= 0.3 is 0 Å². The van der Waals surface area contributed by atoms with E-state index in [1.54, 1.807) is 0 Å². The van der Waals surface area contributed by atoms with E-state index >= 15 is 0 Å². The van der Waals surface area contributed by atoms with Crippen LogP contribution < -0.4 is 5.32 Å². The van der Waals surface area contributed by atoms with Crippen LogP contribution in [0.4, 0.5) is 0 Å². The lowest BCUT2D eigenvalue weighted by atomic mass is 9.86. The summed E-state index contributed by atoms with van der Waals surface area (Å²) in [6, 6.07) is 2.22. The van der Waals surface area contributed by atoms with Gasteiger partial charge in [-0.25, -0.2) is 0 Å². The van der Waals surface area contributed by atoms with E-state index < -0.39 is 0 Å². The fourth-order valence-corrected chi connectivity index (χ4v) is 2.36. The molecule has 0 spiro atoms. The van der Waals surface area contributed by atoms with Crippen LogP contribution in [0.1, 0.15) is 33.7 Å². The van der Waals surface area contributed by atoms with Crippen molar-refractivity contribution >= 4 is 0 Å². The maximum Gasteiger partial charge on any atom is 0.0512 e. The third-order valence-corrected chi connectivity index (χ3v) is 3.50. The van der Waals surface area contributed by atoms with Crippen molar-refractivity contribution in [2.24, 2.45) is 0 Å². The largest absolute Gasteiger partial charge is 0.396 e. The molecule has 1 atom stereocenters. The SMILES string of the molecule is CNCC(CO)c1c(C)c(C)cc(C)c1C. The third kappa shape index (κ3) is 2.45. The zero-order valence-corrected chi connectivity index (χ0v) is 11.0.